The average Bonchev–Trinajstić information content (AvgIpc) is 2.77. The lowest BCUT2D eigenvalue weighted by molar-refractivity contribution is 0.428. The Bertz CT molecular complexity index is 479. The van der Waals surface area contributed by atoms with Gasteiger partial charge in [-0.3, -0.25) is 0 Å². The Morgan fingerprint density at radius 2 is 2.12 bits per heavy atom. The summed E-state index contributed by atoms with van der Waals surface area (Å²) in [7, 11) is 0. The van der Waals surface area contributed by atoms with Crippen molar-refractivity contribution in [2.75, 3.05) is 6.54 Å². The summed E-state index contributed by atoms with van der Waals surface area (Å²) in [5.41, 5.74) is 1.63. The number of furan rings is 1. The van der Waals surface area contributed by atoms with Gasteiger partial charge in [-0.15, -0.1) is 0 Å². The minimum absolute atomic E-state index is 0.159. The first-order valence-corrected chi connectivity index (χ1v) is 6.09. The molecule has 0 radical (unpaired) electrons. The van der Waals surface area contributed by atoms with Gasteiger partial charge < -0.3 is 9.73 Å². The second-order valence-electron chi connectivity index (χ2n) is 4.27. The van der Waals surface area contributed by atoms with Gasteiger partial charge in [-0.2, -0.15) is 0 Å². The van der Waals surface area contributed by atoms with Gasteiger partial charge in [0.25, 0.3) is 0 Å². The molecule has 0 aliphatic heterocycles. The normalized spacial score (nSPS) is 13.2. The summed E-state index contributed by atoms with van der Waals surface area (Å²) in [6.45, 7) is 6.95. The molecule has 0 saturated heterocycles. The van der Waals surface area contributed by atoms with Gasteiger partial charge in [0.05, 0.1) is 11.4 Å². The third-order valence-electron chi connectivity index (χ3n) is 3.05. The number of hydrogen-bond donors (Lipinski definition) is 1. The predicted molar refractivity (Wildman–Crippen MR) is 67.6 cm³/mol. The molecule has 2 nitrogen and oxygen atoms in total. The molecular formula is C14H18FNO. The highest BCUT2D eigenvalue weighted by Crippen LogP contribution is 2.29. The van der Waals surface area contributed by atoms with Crippen LogP contribution in [0.3, 0.4) is 0 Å². The molecule has 0 aliphatic carbocycles. The maximum atomic E-state index is 13.7. The van der Waals surface area contributed by atoms with E-state index in [4.69, 9.17) is 4.42 Å². The first-order valence-electron chi connectivity index (χ1n) is 6.09. The fourth-order valence-electron chi connectivity index (χ4n) is 2.11. The maximum absolute atomic E-state index is 13.7. The van der Waals surface area contributed by atoms with Crippen LogP contribution in [0, 0.1) is 12.7 Å². The molecule has 2 rings (SSSR count). The summed E-state index contributed by atoms with van der Waals surface area (Å²) in [5, 5.41) is 3.91. The number of fused-ring (bicyclic) bond motifs is 1. The fraction of sp³-hybridized carbons (Fsp3) is 0.429. The lowest BCUT2D eigenvalue weighted by atomic mass is 10.1. The van der Waals surface area contributed by atoms with E-state index < -0.39 is 0 Å². The van der Waals surface area contributed by atoms with Crippen LogP contribution in [0.5, 0.6) is 0 Å². The number of benzene rings is 1. The lowest BCUT2D eigenvalue weighted by Crippen LogP contribution is -2.19. The summed E-state index contributed by atoms with van der Waals surface area (Å²) in [6.07, 6.45) is 0.925. The molecule has 0 bridgehead atoms. The summed E-state index contributed by atoms with van der Waals surface area (Å²) >= 11 is 0. The third kappa shape index (κ3) is 2.20. The molecule has 0 aliphatic rings. The Kier molecular flexibility index (Phi) is 3.48. The highest BCUT2D eigenvalue weighted by Gasteiger charge is 2.16. The highest BCUT2D eigenvalue weighted by molar-refractivity contribution is 5.81. The first-order chi connectivity index (χ1) is 8.17. The van der Waals surface area contributed by atoms with Gasteiger partial charge in [-0.1, -0.05) is 19.9 Å². The van der Waals surface area contributed by atoms with E-state index in [0.717, 1.165) is 24.3 Å². The van der Waals surface area contributed by atoms with Crippen molar-refractivity contribution < 1.29 is 8.81 Å². The summed E-state index contributed by atoms with van der Waals surface area (Å²) in [5.74, 6) is 0.601. The van der Waals surface area contributed by atoms with Crippen molar-refractivity contribution in [1.29, 1.82) is 0 Å². The SMILES string of the molecule is CCNC(CC)c1cc2c(F)ccc(C)c2o1. The molecule has 0 fully saturated rings. The Morgan fingerprint density at radius 1 is 1.35 bits per heavy atom. The van der Waals surface area contributed by atoms with Crippen molar-refractivity contribution in [1.82, 2.24) is 5.32 Å². The standard InChI is InChI=1S/C14H18FNO/c1-4-12(16-5-2)13-8-10-11(15)7-6-9(3)14(10)17-13/h6-8,12,16H,4-5H2,1-3H3. The van der Waals surface area contributed by atoms with Gasteiger partial charge in [0.2, 0.25) is 0 Å². The number of hydrogen-bond acceptors (Lipinski definition) is 2. The van der Waals surface area contributed by atoms with E-state index in [-0.39, 0.29) is 11.9 Å². The topological polar surface area (TPSA) is 25.2 Å². The summed E-state index contributed by atoms with van der Waals surface area (Å²) < 4.78 is 19.4. The van der Waals surface area contributed by atoms with Crippen molar-refractivity contribution >= 4 is 11.0 Å². The second kappa shape index (κ2) is 4.88. The molecule has 17 heavy (non-hydrogen) atoms. The van der Waals surface area contributed by atoms with Gasteiger partial charge in [0.1, 0.15) is 17.2 Å². The lowest BCUT2D eigenvalue weighted by Gasteiger charge is -2.12. The number of nitrogens with one attached hydrogen (secondary N) is 1. The van der Waals surface area contributed by atoms with Crippen LogP contribution in [0.25, 0.3) is 11.0 Å². The van der Waals surface area contributed by atoms with Crippen LogP contribution >= 0.6 is 0 Å². The Balaban J connectivity index is 2.50. The van der Waals surface area contributed by atoms with Crippen LogP contribution < -0.4 is 5.32 Å². The molecule has 2 aromatic rings. The van der Waals surface area contributed by atoms with Gasteiger partial charge in [0, 0.05) is 0 Å². The molecule has 1 aromatic carbocycles. The van der Waals surface area contributed by atoms with Crippen LogP contribution in [0.1, 0.15) is 37.6 Å². The monoisotopic (exact) mass is 235 g/mol. The van der Waals surface area contributed by atoms with E-state index in [1.807, 2.05) is 13.0 Å². The largest absolute Gasteiger partial charge is 0.459 e. The molecule has 0 spiro atoms. The molecule has 92 valence electrons. The van der Waals surface area contributed by atoms with E-state index in [2.05, 4.69) is 19.2 Å². The molecule has 0 amide bonds. The predicted octanol–water partition coefficient (Wildman–Crippen LogP) is 3.94. The van der Waals surface area contributed by atoms with Crippen LogP contribution in [0.2, 0.25) is 0 Å². The number of rotatable bonds is 4. The van der Waals surface area contributed by atoms with Gasteiger partial charge in [-0.25, -0.2) is 4.39 Å². The van der Waals surface area contributed by atoms with Crippen molar-refractivity contribution in [3.63, 3.8) is 0 Å². The Morgan fingerprint density at radius 3 is 2.71 bits per heavy atom. The fourth-order valence-corrected chi connectivity index (χ4v) is 2.11. The van der Waals surface area contributed by atoms with Crippen LogP contribution in [-0.2, 0) is 0 Å². The molecule has 1 atom stereocenters. The third-order valence-corrected chi connectivity index (χ3v) is 3.05. The Labute approximate surface area is 101 Å². The quantitative estimate of drug-likeness (QED) is 0.868. The van der Waals surface area contributed by atoms with Crippen LogP contribution in [0.15, 0.2) is 22.6 Å². The molecule has 1 unspecified atom stereocenters. The van der Waals surface area contributed by atoms with Gasteiger partial charge >= 0.3 is 0 Å². The highest BCUT2D eigenvalue weighted by atomic mass is 19.1. The maximum Gasteiger partial charge on any atom is 0.140 e. The van der Waals surface area contributed by atoms with E-state index in [9.17, 15) is 4.39 Å². The summed E-state index contributed by atoms with van der Waals surface area (Å²) in [4.78, 5) is 0. The van der Waals surface area contributed by atoms with Crippen LogP contribution in [0.4, 0.5) is 4.39 Å². The smallest absolute Gasteiger partial charge is 0.140 e. The average molecular weight is 235 g/mol. The van der Waals surface area contributed by atoms with E-state index in [1.54, 1.807) is 6.07 Å². The summed E-state index contributed by atoms with van der Waals surface area (Å²) in [6, 6.07) is 5.21. The van der Waals surface area contributed by atoms with Crippen molar-refractivity contribution in [2.24, 2.45) is 0 Å². The minimum atomic E-state index is -0.216. The van der Waals surface area contributed by atoms with Crippen LogP contribution in [-0.4, -0.2) is 6.54 Å². The van der Waals surface area contributed by atoms with E-state index >= 15 is 0 Å². The van der Waals surface area contributed by atoms with Gasteiger partial charge in [-0.05, 0) is 37.6 Å². The molecular weight excluding hydrogens is 217 g/mol. The van der Waals surface area contributed by atoms with Crippen molar-refractivity contribution in [3.8, 4) is 0 Å². The molecule has 1 heterocycles. The molecule has 1 N–H and O–H groups in total. The second-order valence-corrected chi connectivity index (χ2v) is 4.27. The van der Waals surface area contributed by atoms with Crippen molar-refractivity contribution in [3.05, 3.63) is 35.3 Å². The number of aryl methyl sites for hydroxylation is 1. The molecule has 3 heteroatoms. The zero-order chi connectivity index (χ0) is 12.4. The zero-order valence-corrected chi connectivity index (χ0v) is 10.5. The zero-order valence-electron chi connectivity index (χ0n) is 10.5. The first kappa shape index (κ1) is 12.1. The number of halogens is 1. The van der Waals surface area contributed by atoms with Gasteiger partial charge in [0.15, 0.2) is 0 Å². The molecule has 1 aromatic heterocycles. The van der Waals surface area contributed by atoms with E-state index in [0.29, 0.717) is 11.0 Å². The Hall–Kier alpha value is -1.35. The molecule has 0 saturated carbocycles. The van der Waals surface area contributed by atoms with Crippen molar-refractivity contribution in [2.45, 2.75) is 33.2 Å². The van der Waals surface area contributed by atoms with E-state index in [1.165, 1.54) is 6.07 Å². The minimum Gasteiger partial charge on any atom is -0.459 e.